The van der Waals surface area contributed by atoms with Gasteiger partial charge in [-0.1, -0.05) is 6.42 Å². The van der Waals surface area contributed by atoms with Gasteiger partial charge in [0.25, 0.3) is 0 Å². The molecule has 23 heavy (non-hydrogen) atoms. The van der Waals surface area contributed by atoms with Gasteiger partial charge in [-0.05, 0) is 60.3 Å². The minimum atomic E-state index is -0.433. The van der Waals surface area contributed by atoms with Gasteiger partial charge < -0.3 is 19.7 Å². The van der Waals surface area contributed by atoms with Crippen LogP contribution in [0, 0.1) is 0 Å². The molecule has 2 aliphatic heterocycles. The molecule has 0 saturated carbocycles. The van der Waals surface area contributed by atoms with E-state index in [1.165, 1.54) is 0 Å². The molecule has 2 rings (SSSR count). The van der Waals surface area contributed by atoms with Crippen LogP contribution in [-0.2, 0) is 9.47 Å². The molecule has 0 spiro atoms. The summed E-state index contributed by atoms with van der Waals surface area (Å²) in [5.41, 5.74) is -0.433. The number of hydrogen-bond donors (Lipinski definition) is 1. The second kappa shape index (κ2) is 7.84. The fourth-order valence-corrected chi connectivity index (χ4v) is 3.65. The van der Waals surface area contributed by atoms with Gasteiger partial charge in [-0.15, -0.1) is 0 Å². The Labute approximate surface area is 141 Å². The summed E-state index contributed by atoms with van der Waals surface area (Å²) in [5, 5.41) is 3.78. The highest BCUT2D eigenvalue weighted by atomic mass is 16.6. The average molecular weight is 326 g/mol. The fourth-order valence-electron chi connectivity index (χ4n) is 3.65. The molecule has 2 saturated heterocycles. The van der Waals surface area contributed by atoms with Crippen LogP contribution >= 0.6 is 0 Å². The van der Waals surface area contributed by atoms with E-state index in [2.05, 4.69) is 19.2 Å². The van der Waals surface area contributed by atoms with E-state index in [1.54, 1.807) is 0 Å². The molecule has 0 aromatic rings. The molecule has 0 radical (unpaired) electrons. The van der Waals surface area contributed by atoms with Crippen LogP contribution in [0.15, 0.2) is 0 Å². The zero-order chi connectivity index (χ0) is 17.0. The monoisotopic (exact) mass is 326 g/mol. The summed E-state index contributed by atoms with van der Waals surface area (Å²) in [6.07, 6.45) is 5.87. The highest BCUT2D eigenvalue weighted by Crippen LogP contribution is 2.21. The summed E-state index contributed by atoms with van der Waals surface area (Å²) in [6.45, 7) is 11.6. The second-order valence-corrected chi connectivity index (χ2v) is 8.21. The lowest BCUT2D eigenvalue weighted by atomic mass is 9.98. The normalized spacial score (nSPS) is 33.2. The lowest BCUT2D eigenvalue weighted by molar-refractivity contribution is -0.0442. The van der Waals surface area contributed by atoms with Crippen molar-refractivity contribution in [1.82, 2.24) is 10.2 Å². The van der Waals surface area contributed by atoms with Crippen LogP contribution in [0.25, 0.3) is 0 Å². The molecule has 2 fully saturated rings. The van der Waals surface area contributed by atoms with Crippen LogP contribution in [0.4, 0.5) is 4.79 Å². The highest BCUT2D eigenvalue weighted by Gasteiger charge is 2.30. The van der Waals surface area contributed by atoms with Gasteiger partial charge in [0.15, 0.2) is 0 Å². The maximum absolute atomic E-state index is 12.4. The number of carbonyl (C=O) groups is 1. The first-order valence-electron chi connectivity index (χ1n) is 9.12. The topological polar surface area (TPSA) is 50.8 Å². The number of rotatable bonds is 2. The summed E-state index contributed by atoms with van der Waals surface area (Å²) in [7, 11) is 0. The van der Waals surface area contributed by atoms with E-state index in [4.69, 9.17) is 9.47 Å². The first-order valence-corrected chi connectivity index (χ1v) is 9.12. The van der Waals surface area contributed by atoms with Gasteiger partial charge in [0, 0.05) is 25.2 Å². The van der Waals surface area contributed by atoms with Crippen molar-refractivity contribution in [2.45, 2.75) is 96.6 Å². The Hall–Kier alpha value is -0.810. The van der Waals surface area contributed by atoms with Crippen molar-refractivity contribution in [3.8, 4) is 0 Å². The quantitative estimate of drug-likeness (QED) is 0.846. The molecule has 134 valence electrons. The summed E-state index contributed by atoms with van der Waals surface area (Å²) in [6, 6.07) is 0.838. The van der Waals surface area contributed by atoms with E-state index in [1.807, 2.05) is 25.7 Å². The van der Waals surface area contributed by atoms with Crippen LogP contribution in [0.1, 0.15) is 66.7 Å². The minimum Gasteiger partial charge on any atom is -0.444 e. The fraction of sp³-hybridized carbons (Fsp3) is 0.944. The predicted molar refractivity (Wildman–Crippen MR) is 91.6 cm³/mol. The molecule has 0 bridgehead atoms. The third-order valence-corrected chi connectivity index (χ3v) is 4.49. The van der Waals surface area contributed by atoms with Crippen molar-refractivity contribution in [2.24, 2.45) is 0 Å². The van der Waals surface area contributed by atoms with E-state index in [0.29, 0.717) is 24.3 Å². The molecular weight excluding hydrogens is 292 g/mol. The third-order valence-electron chi connectivity index (χ3n) is 4.49. The van der Waals surface area contributed by atoms with Crippen molar-refractivity contribution in [3.05, 3.63) is 0 Å². The van der Waals surface area contributed by atoms with Gasteiger partial charge >= 0.3 is 6.09 Å². The number of carbonyl (C=O) groups excluding carboxylic acids is 1. The number of hydrogen-bond acceptors (Lipinski definition) is 4. The van der Waals surface area contributed by atoms with Gasteiger partial charge in [-0.25, -0.2) is 4.79 Å². The number of ether oxygens (including phenoxy) is 2. The van der Waals surface area contributed by atoms with Crippen molar-refractivity contribution in [2.75, 3.05) is 13.1 Å². The zero-order valence-electron chi connectivity index (χ0n) is 15.4. The Morgan fingerprint density at radius 1 is 1.13 bits per heavy atom. The van der Waals surface area contributed by atoms with Gasteiger partial charge in [-0.2, -0.15) is 0 Å². The van der Waals surface area contributed by atoms with Crippen molar-refractivity contribution in [3.63, 3.8) is 0 Å². The largest absolute Gasteiger partial charge is 0.444 e. The Morgan fingerprint density at radius 3 is 2.39 bits per heavy atom. The lowest BCUT2D eigenvalue weighted by Gasteiger charge is -2.36. The number of nitrogens with zero attached hydrogens (tertiary/aromatic N) is 1. The van der Waals surface area contributed by atoms with Crippen molar-refractivity contribution < 1.29 is 14.3 Å². The standard InChI is InChI=1S/C18H34N2O3/c1-13-10-16(11-14(2)22-13)19-15-8-6-7-9-20(12-15)17(21)23-18(3,4)5/h13-16,19H,6-12H2,1-5H3. The molecule has 0 aromatic carbocycles. The molecule has 2 heterocycles. The Balaban J connectivity index is 1.90. The van der Waals surface area contributed by atoms with E-state index in [0.717, 1.165) is 45.2 Å². The second-order valence-electron chi connectivity index (χ2n) is 8.21. The van der Waals surface area contributed by atoms with E-state index in [9.17, 15) is 4.79 Å². The Morgan fingerprint density at radius 2 is 1.78 bits per heavy atom. The average Bonchev–Trinajstić information content (AvgIpc) is 2.61. The summed E-state index contributed by atoms with van der Waals surface area (Å²) in [4.78, 5) is 14.2. The highest BCUT2D eigenvalue weighted by molar-refractivity contribution is 5.68. The van der Waals surface area contributed by atoms with Gasteiger partial charge in [-0.3, -0.25) is 0 Å². The van der Waals surface area contributed by atoms with E-state index in [-0.39, 0.29) is 6.09 Å². The molecule has 1 N–H and O–H groups in total. The van der Waals surface area contributed by atoms with Crippen molar-refractivity contribution in [1.29, 1.82) is 0 Å². The molecular formula is C18H34N2O3. The zero-order valence-corrected chi connectivity index (χ0v) is 15.4. The first-order chi connectivity index (χ1) is 10.7. The van der Waals surface area contributed by atoms with E-state index >= 15 is 0 Å². The molecule has 0 aliphatic carbocycles. The van der Waals surface area contributed by atoms with Gasteiger partial charge in [0.1, 0.15) is 5.60 Å². The number of likely N-dealkylation sites (tertiary alicyclic amines) is 1. The molecule has 1 amide bonds. The van der Waals surface area contributed by atoms with Gasteiger partial charge in [0.05, 0.1) is 12.2 Å². The molecule has 5 nitrogen and oxygen atoms in total. The number of nitrogens with one attached hydrogen (secondary N) is 1. The molecule has 5 heteroatoms. The van der Waals surface area contributed by atoms with Crippen LogP contribution in [-0.4, -0.2) is 54.0 Å². The van der Waals surface area contributed by atoms with Crippen molar-refractivity contribution >= 4 is 6.09 Å². The predicted octanol–water partition coefficient (Wildman–Crippen LogP) is 3.32. The maximum atomic E-state index is 12.4. The minimum absolute atomic E-state index is 0.181. The van der Waals surface area contributed by atoms with Gasteiger partial charge in [0.2, 0.25) is 0 Å². The molecule has 2 aliphatic rings. The molecule has 0 aromatic heterocycles. The summed E-state index contributed by atoms with van der Waals surface area (Å²) < 4.78 is 11.4. The maximum Gasteiger partial charge on any atom is 0.410 e. The van der Waals surface area contributed by atoms with Crippen LogP contribution in [0.3, 0.4) is 0 Å². The van der Waals surface area contributed by atoms with Crippen LogP contribution in [0.5, 0.6) is 0 Å². The lowest BCUT2D eigenvalue weighted by Crippen LogP contribution is -2.50. The summed E-state index contributed by atoms with van der Waals surface area (Å²) >= 11 is 0. The Bertz CT molecular complexity index is 384. The Kier molecular flexibility index (Phi) is 6.32. The molecule has 3 atom stereocenters. The van der Waals surface area contributed by atoms with Crippen LogP contribution in [0.2, 0.25) is 0 Å². The third kappa shape index (κ3) is 6.30. The molecule has 3 unspecified atom stereocenters. The SMILES string of the molecule is CC1CC(NC2CCCCN(C(=O)OC(C)(C)C)C2)CC(C)O1. The summed E-state index contributed by atoms with van der Waals surface area (Å²) in [5.74, 6) is 0. The number of amides is 1. The first kappa shape index (κ1) is 18.5. The van der Waals surface area contributed by atoms with Crippen LogP contribution < -0.4 is 5.32 Å². The smallest absolute Gasteiger partial charge is 0.410 e. The van der Waals surface area contributed by atoms with E-state index < -0.39 is 5.60 Å².